The summed E-state index contributed by atoms with van der Waals surface area (Å²) in [5.41, 5.74) is 12.2. The number of aromatic amines is 1. The number of anilines is 1. The summed E-state index contributed by atoms with van der Waals surface area (Å²) < 4.78 is 0. The van der Waals surface area contributed by atoms with Crippen molar-refractivity contribution in [3.05, 3.63) is 23.9 Å². The Morgan fingerprint density at radius 1 is 1.46 bits per heavy atom. The second-order valence-corrected chi connectivity index (χ2v) is 2.74. The van der Waals surface area contributed by atoms with E-state index >= 15 is 0 Å². The Hall–Kier alpha value is -2.04. The quantitative estimate of drug-likeness (QED) is 0.543. The van der Waals surface area contributed by atoms with Gasteiger partial charge in [0, 0.05) is 11.1 Å². The van der Waals surface area contributed by atoms with E-state index in [1.165, 1.54) is 0 Å². The topological polar surface area (TPSA) is 97.8 Å². The third kappa shape index (κ3) is 1.10. The van der Waals surface area contributed by atoms with E-state index in [1.807, 2.05) is 0 Å². The lowest BCUT2D eigenvalue weighted by Crippen LogP contribution is -2.11. The average Bonchev–Trinajstić information content (AvgIpc) is 2.46. The van der Waals surface area contributed by atoms with Crippen molar-refractivity contribution in [2.75, 3.05) is 5.73 Å². The fourth-order valence-electron chi connectivity index (χ4n) is 1.22. The van der Waals surface area contributed by atoms with Gasteiger partial charge in [0.1, 0.15) is 0 Å². The number of amides is 1. The van der Waals surface area contributed by atoms with Gasteiger partial charge in [0.25, 0.3) is 5.91 Å². The SMILES string of the molecule is NC(=O)c1n[nH]c2ccc(N)cc12. The van der Waals surface area contributed by atoms with Crippen molar-refractivity contribution in [3.63, 3.8) is 0 Å². The summed E-state index contributed by atoms with van der Waals surface area (Å²) in [6.45, 7) is 0. The van der Waals surface area contributed by atoms with Crippen LogP contribution < -0.4 is 11.5 Å². The molecule has 13 heavy (non-hydrogen) atoms. The Labute approximate surface area is 73.7 Å². The maximum absolute atomic E-state index is 10.9. The minimum atomic E-state index is -0.558. The highest BCUT2D eigenvalue weighted by Gasteiger charge is 2.09. The number of benzene rings is 1. The molecule has 0 spiro atoms. The number of carbonyl (C=O) groups excluding carboxylic acids is 1. The number of rotatable bonds is 1. The highest BCUT2D eigenvalue weighted by Crippen LogP contribution is 2.18. The molecule has 66 valence electrons. The molecule has 0 saturated heterocycles. The summed E-state index contributed by atoms with van der Waals surface area (Å²) in [7, 11) is 0. The number of carbonyl (C=O) groups is 1. The monoisotopic (exact) mass is 176 g/mol. The van der Waals surface area contributed by atoms with Gasteiger partial charge in [-0.1, -0.05) is 0 Å². The van der Waals surface area contributed by atoms with Gasteiger partial charge in [-0.25, -0.2) is 0 Å². The highest BCUT2D eigenvalue weighted by molar-refractivity contribution is 6.04. The maximum atomic E-state index is 10.9. The van der Waals surface area contributed by atoms with Crippen LogP contribution in [0.5, 0.6) is 0 Å². The molecule has 0 fully saturated rings. The van der Waals surface area contributed by atoms with Crippen molar-refractivity contribution >= 4 is 22.5 Å². The second kappa shape index (κ2) is 2.48. The van der Waals surface area contributed by atoms with Gasteiger partial charge in [0.05, 0.1) is 5.52 Å². The number of hydrogen-bond acceptors (Lipinski definition) is 3. The summed E-state index contributed by atoms with van der Waals surface area (Å²) in [6, 6.07) is 5.15. The number of hydrogen-bond donors (Lipinski definition) is 3. The minimum absolute atomic E-state index is 0.224. The molecular formula is C8H8N4O. The van der Waals surface area contributed by atoms with Crippen molar-refractivity contribution < 1.29 is 4.79 Å². The molecule has 0 radical (unpaired) electrons. The van der Waals surface area contributed by atoms with Gasteiger partial charge in [0.2, 0.25) is 0 Å². The first kappa shape index (κ1) is 7.60. The van der Waals surface area contributed by atoms with E-state index in [4.69, 9.17) is 11.5 Å². The molecule has 5 heteroatoms. The molecule has 0 atom stereocenters. The fraction of sp³-hybridized carbons (Fsp3) is 0. The van der Waals surface area contributed by atoms with E-state index in [2.05, 4.69) is 10.2 Å². The summed E-state index contributed by atoms with van der Waals surface area (Å²) in [6.07, 6.45) is 0. The minimum Gasteiger partial charge on any atom is -0.399 e. The molecule has 2 rings (SSSR count). The summed E-state index contributed by atoms with van der Waals surface area (Å²) >= 11 is 0. The van der Waals surface area contributed by atoms with Crippen molar-refractivity contribution in [2.45, 2.75) is 0 Å². The van der Waals surface area contributed by atoms with Crippen molar-refractivity contribution in [1.29, 1.82) is 0 Å². The van der Waals surface area contributed by atoms with Crippen LogP contribution in [0.2, 0.25) is 0 Å². The van der Waals surface area contributed by atoms with E-state index < -0.39 is 5.91 Å². The Kier molecular flexibility index (Phi) is 1.45. The largest absolute Gasteiger partial charge is 0.399 e. The van der Waals surface area contributed by atoms with Crippen molar-refractivity contribution in [1.82, 2.24) is 10.2 Å². The van der Waals surface area contributed by atoms with Crippen LogP contribution in [-0.4, -0.2) is 16.1 Å². The first-order valence-corrected chi connectivity index (χ1v) is 3.72. The lowest BCUT2D eigenvalue weighted by Gasteiger charge is -1.93. The van der Waals surface area contributed by atoms with Gasteiger partial charge < -0.3 is 11.5 Å². The van der Waals surface area contributed by atoms with E-state index in [-0.39, 0.29) is 5.69 Å². The Balaban J connectivity index is 2.79. The number of nitrogens with two attached hydrogens (primary N) is 2. The van der Waals surface area contributed by atoms with Crippen LogP contribution in [0, 0.1) is 0 Å². The molecular weight excluding hydrogens is 168 g/mol. The molecule has 1 heterocycles. The van der Waals surface area contributed by atoms with Crippen molar-refractivity contribution in [3.8, 4) is 0 Å². The van der Waals surface area contributed by atoms with E-state index in [9.17, 15) is 4.79 Å². The zero-order valence-electron chi connectivity index (χ0n) is 6.74. The smallest absolute Gasteiger partial charge is 0.269 e. The lowest BCUT2D eigenvalue weighted by atomic mass is 10.2. The third-order valence-corrected chi connectivity index (χ3v) is 1.82. The zero-order valence-corrected chi connectivity index (χ0v) is 6.74. The van der Waals surface area contributed by atoms with Gasteiger partial charge >= 0.3 is 0 Å². The molecule has 0 saturated carbocycles. The standard InChI is InChI=1S/C8H8N4O/c9-4-1-2-6-5(3-4)7(8(10)13)12-11-6/h1-3H,9H2,(H2,10,13)(H,11,12). The zero-order chi connectivity index (χ0) is 9.42. The number of fused-ring (bicyclic) bond motifs is 1. The average molecular weight is 176 g/mol. The number of nitrogen functional groups attached to an aromatic ring is 1. The summed E-state index contributed by atoms with van der Waals surface area (Å²) in [5.74, 6) is -0.558. The van der Waals surface area contributed by atoms with Crippen LogP contribution >= 0.6 is 0 Å². The van der Waals surface area contributed by atoms with E-state index in [0.29, 0.717) is 11.1 Å². The van der Waals surface area contributed by atoms with E-state index in [1.54, 1.807) is 18.2 Å². The van der Waals surface area contributed by atoms with Gasteiger partial charge in [-0.2, -0.15) is 5.10 Å². The molecule has 0 aliphatic carbocycles. The number of primary amides is 1. The molecule has 1 aromatic heterocycles. The number of nitrogens with zero attached hydrogens (tertiary/aromatic N) is 1. The Morgan fingerprint density at radius 3 is 2.92 bits per heavy atom. The van der Waals surface area contributed by atoms with Crippen LogP contribution in [0.4, 0.5) is 5.69 Å². The molecule has 0 aliphatic heterocycles. The van der Waals surface area contributed by atoms with Gasteiger partial charge in [-0.15, -0.1) is 0 Å². The molecule has 5 N–H and O–H groups in total. The van der Waals surface area contributed by atoms with Gasteiger partial charge in [0.15, 0.2) is 5.69 Å². The highest BCUT2D eigenvalue weighted by atomic mass is 16.1. The predicted molar refractivity (Wildman–Crippen MR) is 49.0 cm³/mol. The Morgan fingerprint density at radius 2 is 2.23 bits per heavy atom. The molecule has 1 aromatic carbocycles. The lowest BCUT2D eigenvalue weighted by molar-refractivity contribution is 0.0997. The fourth-order valence-corrected chi connectivity index (χ4v) is 1.22. The van der Waals surface area contributed by atoms with E-state index in [0.717, 1.165) is 5.52 Å². The number of H-pyrrole nitrogens is 1. The molecule has 0 unspecified atom stereocenters. The van der Waals surface area contributed by atoms with Crippen LogP contribution in [-0.2, 0) is 0 Å². The summed E-state index contributed by atoms with van der Waals surface area (Å²) in [4.78, 5) is 10.9. The number of aromatic nitrogens is 2. The van der Waals surface area contributed by atoms with Crippen LogP contribution in [0.3, 0.4) is 0 Å². The maximum Gasteiger partial charge on any atom is 0.269 e. The first-order chi connectivity index (χ1) is 6.18. The molecule has 2 aromatic rings. The van der Waals surface area contributed by atoms with Gasteiger partial charge in [-0.05, 0) is 18.2 Å². The first-order valence-electron chi connectivity index (χ1n) is 3.72. The van der Waals surface area contributed by atoms with Crippen LogP contribution in [0.15, 0.2) is 18.2 Å². The predicted octanol–water partition coefficient (Wildman–Crippen LogP) is 0.244. The normalized spacial score (nSPS) is 10.5. The molecule has 0 bridgehead atoms. The molecule has 5 nitrogen and oxygen atoms in total. The molecule has 1 amide bonds. The van der Waals surface area contributed by atoms with Crippen LogP contribution in [0.1, 0.15) is 10.5 Å². The number of nitrogens with one attached hydrogen (secondary N) is 1. The van der Waals surface area contributed by atoms with Gasteiger partial charge in [-0.3, -0.25) is 9.89 Å². The molecule has 0 aliphatic rings. The van der Waals surface area contributed by atoms with Crippen molar-refractivity contribution in [2.24, 2.45) is 5.73 Å². The second-order valence-electron chi connectivity index (χ2n) is 2.74. The summed E-state index contributed by atoms with van der Waals surface area (Å²) in [5, 5.41) is 7.13. The third-order valence-electron chi connectivity index (χ3n) is 1.82. The van der Waals surface area contributed by atoms with Crippen LogP contribution in [0.25, 0.3) is 10.9 Å². The Bertz CT molecular complexity index is 474.